The van der Waals surface area contributed by atoms with Gasteiger partial charge in [-0.05, 0) is 42.8 Å². The van der Waals surface area contributed by atoms with Gasteiger partial charge in [-0.25, -0.2) is 0 Å². The summed E-state index contributed by atoms with van der Waals surface area (Å²) in [5.41, 5.74) is 3.12. The lowest BCUT2D eigenvalue weighted by atomic mass is 10.1. The Kier molecular flexibility index (Phi) is 4.89. The Morgan fingerprint density at radius 1 is 0.893 bits per heavy atom. The second-order valence-electron chi connectivity index (χ2n) is 6.68. The fraction of sp³-hybridized carbons (Fsp3) is 0.174. The molecule has 0 saturated heterocycles. The molecule has 0 aliphatic carbocycles. The molecule has 1 aromatic heterocycles. The van der Waals surface area contributed by atoms with Gasteiger partial charge in [0.25, 0.3) is 0 Å². The number of benzene rings is 3. The number of carbonyl (C=O) groups is 1. The van der Waals surface area contributed by atoms with Gasteiger partial charge < -0.3 is 19.4 Å². The van der Waals surface area contributed by atoms with Crippen molar-refractivity contribution in [2.45, 2.75) is 13.5 Å². The number of likely N-dealkylation sites (N-methyl/N-ethyl adjacent to an activating group) is 1. The van der Waals surface area contributed by atoms with Crippen molar-refractivity contribution in [2.24, 2.45) is 0 Å². The van der Waals surface area contributed by atoms with E-state index in [2.05, 4.69) is 11.4 Å². The number of hydrogen-bond donors (Lipinski definition) is 1. The van der Waals surface area contributed by atoms with Gasteiger partial charge in [0.1, 0.15) is 18.0 Å². The van der Waals surface area contributed by atoms with E-state index in [4.69, 9.17) is 9.47 Å². The van der Waals surface area contributed by atoms with Gasteiger partial charge in [-0.3, -0.25) is 4.79 Å². The van der Waals surface area contributed by atoms with E-state index in [0.29, 0.717) is 5.75 Å². The first-order chi connectivity index (χ1) is 13.7. The Morgan fingerprint density at radius 2 is 1.64 bits per heavy atom. The van der Waals surface area contributed by atoms with Crippen LogP contribution in [0.15, 0.2) is 66.7 Å². The van der Waals surface area contributed by atoms with E-state index in [0.717, 1.165) is 33.1 Å². The van der Waals surface area contributed by atoms with Crippen LogP contribution in [0, 0.1) is 6.92 Å². The number of para-hydroxylation sites is 1. The molecule has 28 heavy (non-hydrogen) atoms. The van der Waals surface area contributed by atoms with Crippen LogP contribution in [0.3, 0.4) is 0 Å². The molecular weight excluding hydrogens is 352 g/mol. The second-order valence-corrected chi connectivity index (χ2v) is 6.68. The molecule has 142 valence electrons. The highest BCUT2D eigenvalue weighted by Gasteiger charge is 2.13. The number of amides is 1. The van der Waals surface area contributed by atoms with Gasteiger partial charge in [0.2, 0.25) is 12.7 Å². The molecule has 0 spiro atoms. The molecule has 0 atom stereocenters. The zero-order valence-corrected chi connectivity index (χ0v) is 15.9. The Hall–Kier alpha value is -3.47. The van der Waals surface area contributed by atoms with E-state index in [1.54, 1.807) is 7.05 Å². The van der Waals surface area contributed by atoms with Crippen LogP contribution in [0.2, 0.25) is 0 Å². The number of nitrogens with one attached hydrogen (secondary N) is 1. The SMILES string of the molecule is CNC(=O)Cn1c2ccccc2c2ccc(OCOc3cccc(C)c3)cc21. The van der Waals surface area contributed by atoms with Gasteiger partial charge in [-0.1, -0.05) is 30.3 Å². The highest BCUT2D eigenvalue weighted by Crippen LogP contribution is 2.31. The van der Waals surface area contributed by atoms with Crippen LogP contribution in [0.25, 0.3) is 21.8 Å². The summed E-state index contributed by atoms with van der Waals surface area (Å²) in [5.74, 6) is 1.42. The minimum absolute atomic E-state index is 0.0447. The van der Waals surface area contributed by atoms with Crippen molar-refractivity contribution in [1.82, 2.24) is 9.88 Å². The number of aryl methyl sites for hydroxylation is 1. The molecule has 0 saturated carbocycles. The molecule has 4 rings (SSSR count). The minimum atomic E-state index is -0.0447. The Balaban J connectivity index is 1.63. The summed E-state index contributed by atoms with van der Waals surface area (Å²) in [7, 11) is 1.65. The van der Waals surface area contributed by atoms with Crippen LogP contribution >= 0.6 is 0 Å². The average molecular weight is 374 g/mol. The first-order valence-corrected chi connectivity index (χ1v) is 9.19. The Morgan fingerprint density at radius 3 is 2.43 bits per heavy atom. The zero-order chi connectivity index (χ0) is 19.5. The van der Waals surface area contributed by atoms with Crippen LogP contribution in [-0.2, 0) is 11.3 Å². The van der Waals surface area contributed by atoms with Gasteiger partial charge in [-0.2, -0.15) is 0 Å². The molecule has 0 unspecified atom stereocenters. The van der Waals surface area contributed by atoms with E-state index in [9.17, 15) is 4.79 Å². The maximum Gasteiger partial charge on any atom is 0.239 e. The minimum Gasteiger partial charge on any atom is -0.457 e. The molecule has 0 radical (unpaired) electrons. The number of aromatic nitrogens is 1. The zero-order valence-electron chi connectivity index (χ0n) is 15.9. The molecule has 5 heteroatoms. The van der Waals surface area contributed by atoms with Crippen molar-refractivity contribution in [3.63, 3.8) is 0 Å². The Bertz CT molecular complexity index is 1150. The van der Waals surface area contributed by atoms with E-state index >= 15 is 0 Å². The predicted octanol–water partition coefficient (Wildman–Crippen LogP) is 4.26. The van der Waals surface area contributed by atoms with Crippen molar-refractivity contribution in [3.8, 4) is 11.5 Å². The third kappa shape index (κ3) is 3.51. The van der Waals surface area contributed by atoms with E-state index in [1.807, 2.05) is 72.2 Å². The second kappa shape index (κ2) is 7.64. The summed E-state index contributed by atoms with van der Waals surface area (Å²) in [5, 5.41) is 4.90. The number of ether oxygens (including phenoxy) is 2. The van der Waals surface area contributed by atoms with E-state index < -0.39 is 0 Å². The van der Waals surface area contributed by atoms with E-state index in [-0.39, 0.29) is 19.2 Å². The molecule has 1 amide bonds. The predicted molar refractivity (Wildman–Crippen MR) is 111 cm³/mol. The lowest BCUT2D eigenvalue weighted by Crippen LogP contribution is -2.23. The fourth-order valence-electron chi connectivity index (χ4n) is 3.38. The molecule has 0 aliphatic rings. The van der Waals surface area contributed by atoms with E-state index in [1.165, 1.54) is 0 Å². The molecule has 5 nitrogen and oxygen atoms in total. The lowest BCUT2D eigenvalue weighted by molar-refractivity contribution is -0.121. The quantitative estimate of drug-likeness (QED) is 0.513. The molecule has 3 aromatic carbocycles. The van der Waals surface area contributed by atoms with Crippen LogP contribution in [-0.4, -0.2) is 24.3 Å². The first kappa shape index (κ1) is 17.9. The van der Waals surface area contributed by atoms with Crippen molar-refractivity contribution in [1.29, 1.82) is 0 Å². The number of hydrogen-bond acceptors (Lipinski definition) is 3. The fourth-order valence-corrected chi connectivity index (χ4v) is 3.38. The van der Waals surface area contributed by atoms with Crippen LogP contribution in [0.5, 0.6) is 11.5 Å². The van der Waals surface area contributed by atoms with Crippen LogP contribution in [0.4, 0.5) is 0 Å². The third-order valence-corrected chi connectivity index (χ3v) is 4.77. The molecule has 1 N–H and O–H groups in total. The summed E-state index contributed by atoms with van der Waals surface area (Å²) >= 11 is 0. The first-order valence-electron chi connectivity index (χ1n) is 9.19. The molecule has 0 fully saturated rings. The van der Waals surface area contributed by atoms with Gasteiger partial charge in [0.05, 0.1) is 5.52 Å². The van der Waals surface area contributed by atoms with Gasteiger partial charge in [-0.15, -0.1) is 0 Å². The maximum atomic E-state index is 12.0. The van der Waals surface area contributed by atoms with Crippen LogP contribution < -0.4 is 14.8 Å². The summed E-state index contributed by atoms with van der Waals surface area (Å²) in [6, 6.07) is 21.8. The molecule has 0 bridgehead atoms. The average Bonchev–Trinajstić information content (AvgIpc) is 3.01. The Labute approximate surface area is 163 Å². The summed E-state index contributed by atoms with van der Waals surface area (Å²) in [4.78, 5) is 12.0. The van der Waals surface area contributed by atoms with Crippen molar-refractivity contribution in [3.05, 3.63) is 72.3 Å². The van der Waals surface area contributed by atoms with Gasteiger partial charge in [0, 0.05) is 29.4 Å². The lowest BCUT2D eigenvalue weighted by Gasteiger charge is -2.10. The van der Waals surface area contributed by atoms with Gasteiger partial charge in [0.15, 0.2) is 0 Å². The standard InChI is InChI=1S/C23H22N2O3/c1-16-6-5-7-17(12-16)27-15-28-18-10-11-20-19-8-3-4-9-21(19)25(22(20)13-18)14-23(26)24-2/h3-13H,14-15H2,1-2H3,(H,24,26). The highest BCUT2D eigenvalue weighted by molar-refractivity contribution is 6.09. The highest BCUT2D eigenvalue weighted by atomic mass is 16.7. The van der Waals surface area contributed by atoms with Crippen molar-refractivity contribution < 1.29 is 14.3 Å². The van der Waals surface area contributed by atoms with Crippen molar-refractivity contribution >= 4 is 27.7 Å². The number of fused-ring (bicyclic) bond motifs is 3. The van der Waals surface area contributed by atoms with Crippen molar-refractivity contribution in [2.75, 3.05) is 13.8 Å². The summed E-state index contributed by atoms with van der Waals surface area (Å²) < 4.78 is 13.5. The number of carbonyl (C=O) groups excluding carboxylic acids is 1. The number of rotatable bonds is 6. The molecule has 4 aromatic rings. The summed E-state index contributed by atoms with van der Waals surface area (Å²) in [6.07, 6.45) is 0. The normalized spacial score (nSPS) is 10.9. The smallest absolute Gasteiger partial charge is 0.239 e. The topological polar surface area (TPSA) is 52.5 Å². The van der Waals surface area contributed by atoms with Crippen LogP contribution in [0.1, 0.15) is 5.56 Å². The van der Waals surface area contributed by atoms with Gasteiger partial charge >= 0.3 is 0 Å². The molecule has 0 aliphatic heterocycles. The third-order valence-electron chi connectivity index (χ3n) is 4.77. The summed E-state index contributed by atoms with van der Waals surface area (Å²) in [6.45, 7) is 2.39. The maximum absolute atomic E-state index is 12.0. The molecule has 1 heterocycles. The number of nitrogens with zero attached hydrogens (tertiary/aromatic N) is 1. The monoisotopic (exact) mass is 374 g/mol. The largest absolute Gasteiger partial charge is 0.457 e. The molecular formula is C23H22N2O3.